The van der Waals surface area contributed by atoms with Crippen molar-refractivity contribution in [2.75, 3.05) is 31.6 Å². The molecule has 2 N–H and O–H groups in total. The molecular weight excluding hydrogens is 259 g/mol. The standard InChI is InChI=1S/C11H14ClFN4O/c1-14-11(18)9-6-15-2-3-17(9)10-8(13)4-7(12)5-16-10/h4-5,9,15H,2-3,6H2,1H3,(H,14,18). The fourth-order valence-electron chi connectivity index (χ4n) is 1.98. The predicted molar refractivity (Wildman–Crippen MR) is 67.3 cm³/mol. The first-order valence-electron chi connectivity index (χ1n) is 5.63. The summed E-state index contributed by atoms with van der Waals surface area (Å²) in [5.74, 6) is -0.522. The van der Waals surface area contributed by atoms with Crippen molar-refractivity contribution >= 4 is 23.3 Å². The summed E-state index contributed by atoms with van der Waals surface area (Å²) in [6.45, 7) is 1.66. The van der Waals surface area contributed by atoms with Crippen molar-refractivity contribution in [3.63, 3.8) is 0 Å². The third-order valence-electron chi connectivity index (χ3n) is 2.85. The van der Waals surface area contributed by atoms with Crippen LogP contribution >= 0.6 is 11.6 Å². The molecular formula is C11H14ClFN4O. The van der Waals surface area contributed by atoms with E-state index >= 15 is 0 Å². The van der Waals surface area contributed by atoms with Crippen LogP contribution in [0.15, 0.2) is 12.3 Å². The summed E-state index contributed by atoms with van der Waals surface area (Å²) < 4.78 is 13.8. The highest BCUT2D eigenvalue weighted by molar-refractivity contribution is 6.30. The number of amides is 1. The third-order valence-corrected chi connectivity index (χ3v) is 3.06. The zero-order valence-corrected chi connectivity index (χ0v) is 10.7. The van der Waals surface area contributed by atoms with Crippen LogP contribution in [-0.4, -0.2) is 43.6 Å². The molecule has 1 atom stereocenters. The van der Waals surface area contributed by atoms with Crippen molar-refractivity contribution in [1.82, 2.24) is 15.6 Å². The number of carbonyl (C=O) groups is 1. The zero-order valence-electron chi connectivity index (χ0n) is 9.91. The van der Waals surface area contributed by atoms with Crippen molar-refractivity contribution in [2.24, 2.45) is 0 Å². The second kappa shape index (κ2) is 5.49. The van der Waals surface area contributed by atoms with Crippen LogP contribution in [0.4, 0.5) is 10.2 Å². The number of hydrogen-bond acceptors (Lipinski definition) is 4. The summed E-state index contributed by atoms with van der Waals surface area (Å²) in [6, 6.07) is 0.735. The highest BCUT2D eigenvalue weighted by Gasteiger charge is 2.30. The molecule has 1 amide bonds. The van der Waals surface area contributed by atoms with Crippen LogP contribution in [0.2, 0.25) is 5.02 Å². The number of nitrogens with zero attached hydrogens (tertiary/aromatic N) is 2. The molecule has 0 saturated carbocycles. The van der Waals surface area contributed by atoms with Crippen molar-refractivity contribution in [1.29, 1.82) is 0 Å². The Morgan fingerprint density at radius 2 is 2.50 bits per heavy atom. The number of anilines is 1. The Morgan fingerprint density at radius 3 is 3.17 bits per heavy atom. The van der Waals surface area contributed by atoms with Gasteiger partial charge in [0.05, 0.1) is 5.02 Å². The van der Waals surface area contributed by atoms with Gasteiger partial charge < -0.3 is 15.5 Å². The maximum atomic E-state index is 13.8. The van der Waals surface area contributed by atoms with E-state index in [1.807, 2.05) is 0 Å². The summed E-state index contributed by atoms with van der Waals surface area (Å²) in [6.07, 6.45) is 1.38. The number of nitrogens with one attached hydrogen (secondary N) is 2. The Balaban J connectivity index is 2.30. The minimum Gasteiger partial charge on any atom is -0.357 e. The molecule has 1 fully saturated rings. The van der Waals surface area contributed by atoms with Crippen LogP contribution in [0.3, 0.4) is 0 Å². The van der Waals surface area contributed by atoms with Crippen molar-refractivity contribution in [3.05, 3.63) is 23.1 Å². The molecule has 1 aromatic rings. The lowest BCUT2D eigenvalue weighted by molar-refractivity contribution is -0.122. The van der Waals surface area contributed by atoms with E-state index in [-0.39, 0.29) is 16.7 Å². The monoisotopic (exact) mass is 272 g/mol. The van der Waals surface area contributed by atoms with Crippen LogP contribution in [0.5, 0.6) is 0 Å². The van der Waals surface area contributed by atoms with Gasteiger partial charge in [0.2, 0.25) is 5.91 Å². The van der Waals surface area contributed by atoms with Crippen LogP contribution in [-0.2, 0) is 4.79 Å². The molecule has 0 bridgehead atoms. The number of rotatable bonds is 2. The smallest absolute Gasteiger partial charge is 0.243 e. The molecule has 98 valence electrons. The van der Waals surface area contributed by atoms with E-state index in [1.165, 1.54) is 12.3 Å². The maximum Gasteiger partial charge on any atom is 0.243 e. The van der Waals surface area contributed by atoms with Gasteiger partial charge in [0, 0.05) is 32.9 Å². The number of carbonyl (C=O) groups excluding carboxylic acids is 1. The molecule has 1 aliphatic rings. The average molecular weight is 273 g/mol. The normalized spacial score (nSPS) is 19.7. The lowest BCUT2D eigenvalue weighted by Crippen LogP contribution is -2.58. The van der Waals surface area contributed by atoms with Crippen LogP contribution < -0.4 is 15.5 Å². The summed E-state index contributed by atoms with van der Waals surface area (Å²) in [4.78, 5) is 17.4. The Hall–Kier alpha value is -1.40. The number of pyridine rings is 1. The quantitative estimate of drug-likeness (QED) is 0.818. The first-order valence-corrected chi connectivity index (χ1v) is 6.01. The van der Waals surface area contributed by atoms with E-state index in [9.17, 15) is 9.18 Å². The summed E-state index contributed by atoms with van der Waals surface area (Å²) in [5.41, 5.74) is 0. The second-order valence-corrected chi connectivity index (χ2v) is 4.42. The zero-order chi connectivity index (χ0) is 13.1. The highest BCUT2D eigenvalue weighted by atomic mass is 35.5. The molecule has 2 heterocycles. The topological polar surface area (TPSA) is 57.3 Å². The summed E-state index contributed by atoms with van der Waals surface area (Å²) in [7, 11) is 1.56. The Kier molecular flexibility index (Phi) is 3.98. The van der Waals surface area contributed by atoms with E-state index < -0.39 is 11.9 Å². The Bertz CT molecular complexity index is 457. The second-order valence-electron chi connectivity index (χ2n) is 3.99. The fraction of sp³-hybridized carbons (Fsp3) is 0.455. The van der Waals surface area contributed by atoms with Gasteiger partial charge >= 0.3 is 0 Å². The fourth-order valence-corrected chi connectivity index (χ4v) is 2.12. The summed E-state index contributed by atoms with van der Waals surface area (Å²) >= 11 is 5.67. The highest BCUT2D eigenvalue weighted by Crippen LogP contribution is 2.22. The average Bonchev–Trinajstić information content (AvgIpc) is 2.38. The van der Waals surface area contributed by atoms with E-state index in [2.05, 4.69) is 15.6 Å². The molecule has 0 spiro atoms. The van der Waals surface area contributed by atoms with Crippen molar-refractivity contribution < 1.29 is 9.18 Å². The van der Waals surface area contributed by atoms with E-state index in [0.717, 1.165) is 0 Å². The van der Waals surface area contributed by atoms with Crippen LogP contribution in [0, 0.1) is 5.82 Å². The van der Waals surface area contributed by atoms with Crippen LogP contribution in [0.1, 0.15) is 0 Å². The molecule has 0 aliphatic carbocycles. The van der Waals surface area contributed by atoms with Crippen LogP contribution in [0.25, 0.3) is 0 Å². The molecule has 1 aliphatic heterocycles. The van der Waals surface area contributed by atoms with Gasteiger partial charge in [-0.15, -0.1) is 0 Å². The SMILES string of the molecule is CNC(=O)C1CNCCN1c1ncc(Cl)cc1F. The van der Waals surface area contributed by atoms with E-state index in [1.54, 1.807) is 11.9 Å². The molecule has 0 aromatic carbocycles. The molecule has 2 rings (SSSR count). The number of likely N-dealkylation sites (N-methyl/N-ethyl adjacent to an activating group) is 1. The Morgan fingerprint density at radius 1 is 1.72 bits per heavy atom. The largest absolute Gasteiger partial charge is 0.357 e. The van der Waals surface area contributed by atoms with E-state index in [0.29, 0.717) is 19.6 Å². The van der Waals surface area contributed by atoms with Gasteiger partial charge in [-0.2, -0.15) is 0 Å². The minimum atomic E-state index is -0.515. The molecule has 1 saturated heterocycles. The molecule has 18 heavy (non-hydrogen) atoms. The minimum absolute atomic E-state index is 0.162. The number of aromatic nitrogens is 1. The molecule has 7 heteroatoms. The number of piperazine rings is 1. The Labute approximate surface area is 109 Å². The predicted octanol–water partition coefficient (Wildman–Crippen LogP) is 0.398. The first-order chi connectivity index (χ1) is 8.63. The van der Waals surface area contributed by atoms with Gasteiger partial charge in [-0.3, -0.25) is 4.79 Å². The third kappa shape index (κ3) is 2.54. The van der Waals surface area contributed by atoms with Gasteiger partial charge in [0.25, 0.3) is 0 Å². The lowest BCUT2D eigenvalue weighted by atomic mass is 10.1. The number of hydrogen-bond donors (Lipinski definition) is 2. The first kappa shape index (κ1) is 13.0. The molecule has 0 radical (unpaired) electrons. The van der Waals surface area contributed by atoms with Gasteiger partial charge in [0.15, 0.2) is 11.6 Å². The molecule has 1 unspecified atom stereocenters. The van der Waals surface area contributed by atoms with Crippen molar-refractivity contribution in [2.45, 2.75) is 6.04 Å². The van der Waals surface area contributed by atoms with Gasteiger partial charge in [0.1, 0.15) is 6.04 Å². The maximum absolute atomic E-state index is 13.8. The lowest BCUT2D eigenvalue weighted by Gasteiger charge is -2.35. The van der Waals surface area contributed by atoms with Crippen molar-refractivity contribution in [3.8, 4) is 0 Å². The summed E-state index contributed by atoms with van der Waals surface area (Å²) in [5, 5.41) is 5.91. The number of halogens is 2. The van der Waals surface area contributed by atoms with Gasteiger partial charge in [-0.25, -0.2) is 9.37 Å². The molecule has 1 aromatic heterocycles. The molecule has 5 nitrogen and oxygen atoms in total. The van der Waals surface area contributed by atoms with Gasteiger partial charge in [-0.05, 0) is 6.07 Å². The van der Waals surface area contributed by atoms with E-state index in [4.69, 9.17) is 11.6 Å². The van der Waals surface area contributed by atoms with Gasteiger partial charge in [-0.1, -0.05) is 11.6 Å².